The van der Waals surface area contributed by atoms with Crippen molar-refractivity contribution in [1.82, 2.24) is 5.32 Å². The van der Waals surface area contributed by atoms with Crippen LogP contribution in [0.15, 0.2) is 0 Å². The molecule has 0 heterocycles. The summed E-state index contributed by atoms with van der Waals surface area (Å²) in [4.78, 5) is 10.4. The number of guanidine groups is 1. The highest BCUT2D eigenvalue weighted by Crippen LogP contribution is 1.92. The molecule has 82 valence electrons. The summed E-state index contributed by atoms with van der Waals surface area (Å²) in [5.41, 5.74) is 10.8. The molecule has 0 saturated carbocycles. The quantitative estimate of drug-likeness (QED) is 0.187. The van der Waals surface area contributed by atoms with E-state index in [0.717, 1.165) is 4.58 Å². The number of carboxylic acid groups (broad SMARTS) is 1. The van der Waals surface area contributed by atoms with Crippen LogP contribution in [0.4, 0.5) is 0 Å². The summed E-state index contributed by atoms with van der Waals surface area (Å²) < 4.78 is 22.2. The summed E-state index contributed by atoms with van der Waals surface area (Å²) >= 11 is 0. The topological polar surface area (TPSA) is 104 Å². The predicted octanol–water partition coefficient (Wildman–Crippen LogP) is -1.65. The van der Waals surface area contributed by atoms with Gasteiger partial charge in [0.1, 0.15) is 6.04 Å². The number of nitrogens with one attached hydrogen (secondary N) is 1. The molecular weight excluding hydrogens is 184 g/mol. The summed E-state index contributed by atoms with van der Waals surface area (Å²) in [6.07, 6.45) is 0.788. The lowest BCUT2D eigenvalue weighted by Crippen LogP contribution is -2.39. The van der Waals surface area contributed by atoms with Crippen LogP contribution in [-0.4, -0.2) is 48.2 Å². The van der Waals surface area contributed by atoms with Gasteiger partial charge in [0.05, 0.1) is 24.7 Å². The standard InChI is InChI=1S/C8H18N4O2/c1-12(2)8(10)11-5-3-4-6(9)7(13)14/h6H,3-5,9H2,1-2H3,(H3,10,11,13,14)/p+1/i1D3. The molecule has 1 atom stereocenters. The fourth-order valence-electron chi connectivity index (χ4n) is 0.780. The van der Waals surface area contributed by atoms with Gasteiger partial charge in [-0.05, 0) is 12.8 Å². The molecule has 0 spiro atoms. The van der Waals surface area contributed by atoms with Gasteiger partial charge in [-0.15, -0.1) is 0 Å². The van der Waals surface area contributed by atoms with E-state index in [4.69, 9.17) is 20.7 Å². The second-order valence-electron chi connectivity index (χ2n) is 2.96. The van der Waals surface area contributed by atoms with Crippen molar-refractivity contribution in [3.63, 3.8) is 0 Å². The van der Waals surface area contributed by atoms with E-state index in [0.29, 0.717) is 19.4 Å². The minimum Gasteiger partial charge on any atom is -0.480 e. The third kappa shape index (κ3) is 5.36. The van der Waals surface area contributed by atoms with Crippen molar-refractivity contribution < 1.29 is 18.6 Å². The number of nitrogens with zero attached hydrogens (tertiary/aromatic N) is 1. The van der Waals surface area contributed by atoms with Crippen LogP contribution in [0.3, 0.4) is 0 Å². The zero-order valence-corrected chi connectivity index (χ0v) is 8.16. The molecule has 0 rings (SSSR count). The Kier molecular flexibility index (Phi) is 3.56. The SMILES string of the molecule is [2H]C([2H])([2H])[N+](C)=C(N)NCCCC(N)C(=O)O. The summed E-state index contributed by atoms with van der Waals surface area (Å²) in [5.74, 6) is -1.03. The second kappa shape index (κ2) is 6.20. The molecular formula is C8H19N4O2+. The molecule has 6 nitrogen and oxygen atoms in total. The van der Waals surface area contributed by atoms with Crippen LogP contribution < -0.4 is 16.8 Å². The Balaban J connectivity index is 4.02. The largest absolute Gasteiger partial charge is 0.480 e. The summed E-state index contributed by atoms with van der Waals surface area (Å²) in [7, 11) is 1.35. The van der Waals surface area contributed by atoms with E-state index in [9.17, 15) is 4.79 Å². The van der Waals surface area contributed by atoms with Gasteiger partial charge in [0.25, 0.3) is 0 Å². The molecule has 14 heavy (non-hydrogen) atoms. The Bertz CT molecular complexity index is 304. The van der Waals surface area contributed by atoms with E-state index >= 15 is 0 Å². The highest BCUT2D eigenvalue weighted by molar-refractivity contribution is 5.73. The molecule has 0 aromatic carbocycles. The van der Waals surface area contributed by atoms with Gasteiger partial charge >= 0.3 is 11.9 Å². The van der Waals surface area contributed by atoms with E-state index in [1.54, 1.807) is 0 Å². The first kappa shape index (κ1) is 8.05. The summed E-state index contributed by atoms with van der Waals surface area (Å²) in [6.45, 7) is -1.93. The highest BCUT2D eigenvalue weighted by Gasteiger charge is 2.10. The molecule has 0 aliphatic rings. The smallest absolute Gasteiger partial charge is 0.342 e. The molecule has 0 aromatic heterocycles. The summed E-state index contributed by atoms with van der Waals surface area (Å²) in [5, 5.41) is 11.2. The lowest BCUT2D eigenvalue weighted by molar-refractivity contribution is -0.467. The number of hydrogen-bond acceptors (Lipinski definition) is 2. The molecule has 0 fully saturated rings. The van der Waals surface area contributed by atoms with E-state index in [2.05, 4.69) is 5.32 Å². The van der Waals surface area contributed by atoms with Gasteiger partial charge in [0.15, 0.2) is 0 Å². The van der Waals surface area contributed by atoms with Crippen LogP contribution in [0.2, 0.25) is 0 Å². The molecule has 0 aliphatic heterocycles. The number of nitrogens with two attached hydrogens (primary N) is 2. The van der Waals surface area contributed by atoms with Gasteiger partial charge in [-0.3, -0.25) is 20.4 Å². The van der Waals surface area contributed by atoms with Crippen LogP contribution in [0.5, 0.6) is 0 Å². The average molecular weight is 206 g/mol. The molecule has 0 bridgehead atoms. The van der Waals surface area contributed by atoms with Crippen molar-refractivity contribution in [3.05, 3.63) is 0 Å². The van der Waals surface area contributed by atoms with Gasteiger partial charge in [-0.1, -0.05) is 0 Å². The lowest BCUT2D eigenvalue weighted by Gasteiger charge is -2.05. The molecule has 0 amide bonds. The number of aliphatic carboxylic acids is 1. The normalized spacial score (nSPS) is 18.6. The van der Waals surface area contributed by atoms with E-state index in [-0.39, 0.29) is 5.96 Å². The van der Waals surface area contributed by atoms with E-state index in [1.165, 1.54) is 7.05 Å². The van der Waals surface area contributed by atoms with Gasteiger partial charge in [-0.2, -0.15) is 0 Å². The maximum atomic E-state index is 10.4. The zero-order valence-electron chi connectivity index (χ0n) is 11.2. The van der Waals surface area contributed by atoms with Crippen molar-refractivity contribution in [3.8, 4) is 0 Å². The zero-order chi connectivity index (χ0) is 13.6. The third-order valence-corrected chi connectivity index (χ3v) is 1.68. The Morgan fingerprint density at radius 3 is 2.93 bits per heavy atom. The second-order valence-corrected chi connectivity index (χ2v) is 2.96. The van der Waals surface area contributed by atoms with Crippen LogP contribution in [0, 0.1) is 0 Å². The fourth-order valence-corrected chi connectivity index (χ4v) is 0.780. The number of rotatable bonds is 5. The van der Waals surface area contributed by atoms with Crippen molar-refractivity contribution in [1.29, 1.82) is 0 Å². The van der Waals surface area contributed by atoms with Crippen LogP contribution in [0.1, 0.15) is 17.0 Å². The van der Waals surface area contributed by atoms with Crippen molar-refractivity contribution in [2.45, 2.75) is 18.9 Å². The van der Waals surface area contributed by atoms with Gasteiger partial charge in [-0.25, -0.2) is 0 Å². The van der Waals surface area contributed by atoms with Crippen molar-refractivity contribution in [2.75, 3.05) is 20.6 Å². The Morgan fingerprint density at radius 2 is 2.43 bits per heavy atom. The van der Waals surface area contributed by atoms with Gasteiger partial charge in [0.2, 0.25) is 0 Å². The van der Waals surface area contributed by atoms with E-state index in [1.807, 2.05) is 0 Å². The minimum atomic E-state index is -2.30. The Morgan fingerprint density at radius 1 is 1.79 bits per heavy atom. The first-order valence-corrected chi connectivity index (χ1v) is 4.24. The highest BCUT2D eigenvalue weighted by atomic mass is 16.4. The monoisotopic (exact) mass is 206 g/mol. The summed E-state index contributed by atoms with van der Waals surface area (Å²) in [6, 6.07) is -0.904. The molecule has 6 heteroatoms. The Hall–Kier alpha value is -1.30. The first-order chi connectivity index (χ1) is 7.66. The maximum Gasteiger partial charge on any atom is 0.342 e. The fraction of sp³-hybridized carbons (Fsp3) is 0.750. The molecule has 0 aromatic rings. The predicted molar refractivity (Wildman–Crippen MR) is 54.2 cm³/mol. The van der Waals surface area contributed by atoms with Crippen LogP contribution >= 0.6 is 0 Å². The lowest BCUT2D eigenvalue weighted by atomic mass is 10.2. The Labute approximate surface area is 87.8 Å². The average Bonchev–Trinajstić information content (AvgIpc) is 2.20. The van der Waals surface area contributed by atoms with Crippen LogP contribution in [0.25, 0.3) is 0 Å². The number of carbonyl (C=O) groups is 1. The minimum absolute atomic E-state index is 0.0221. The van der Waals surface area contributed by atoms with Gasteiger partial charge < -0.3 is 10.8 Å². The number of hydrogen-bond donors (Lipinski definition) is 4. The molecule has 6 N–H and O–H groups in total. The molecule has 0 saturated heterocycles. The number of carboxylic acids is 1. The molecule has 0 radical (unpaired) electrons. The van der Waals surface area contributed by atoms with E-state index < -0.39 is 19.0 Å². The maximum absolute atomic E-state index is 10.4. The third-order valence-electron chi connectivity index (χ3n) is 1.68. The van der Waals surface area contributed by atoms with Crippen molar-refractivity contribution in [2.24, 2.45) is 11.5 Å². The van der Waals surface area contributed by atoms with Gasteiger partial charge in [0, 0.05) is 0 Å². The first-order valence-electron chi connectivity index (χ1n) is 5.74. The van der Waals surface area contributed by atoms with Crippen LogP contribution in [-0.2, 0) is 4.79 Å². The molecule has 0 aliphatic carbocycles. The molecule has 1 unspecified atom stereocenters. The van der Waals surface area contributed by atoms with Crippen molar-refractivity contribution >= 4 is 11.9 Å².